The fourth-order valence-electron chi connectivity index (χ4n) is 2.52. The molecule has 0 saturated carbocycles. The highest BCUT2D eigenvalue weighted by Gasteiger charge is 2.29. The van der Waals surface area contributed by atoms with Gasteiger partial charge in [0.15, 0.2) is 11.5 Å². The van der Waals surface area contributed by atoms with E-state index in [9.17, 15) is 4.79 Å². The van der Waals surface area contributed by atoms with Crippen molar-refractivity contribution >= 4 is 35.1 Å². The number of hydrogen-bond donors (Lipinski definition) is 2. The summed E-state index contributed by atoms with van der Waals surface area (Å²) in [7, 11) is 0. The summed E-state index contributed by atoms with van der Waals surface area (Å²) in [5, 5.41) is 6.19. The van der Waals surface area contributed by atoms with E-state index in [0.29, 0.717) is 11.8 Å². The van der Waals surface area contributed by atoms with Crippen LogP contribution < -0.4 is 10.6 Å². The highest BCUT2D eigenvalue weighted by Crippen LogP contribution is 2.22. The number of hydrogen-bond acceptors (Lipinski definition) is 4. The number of halogens is 1. The molecule has 3 rings (SSSR count). The van der Waals surface area contributed by atoms with Crippen molar-refractivity contribution in [2.45, 2.75) is 13.8 Å². The number of nitrogens with zero attached hydrogens (tertiary/aromatic N) is 1. The van der Waals surface area contributed by atoms with Gasteiger partial charge in [0.05, 0.1) is 5.92 Å². The molecule has 6 heteroatoms. The molecule has 2 N–H and O–H groups in total. The standard InChI is InChI=1S/C14H17N3O2.ClH/c1-8-6-15-7-11(8)14(18)17-10-3-4-13-12(5-10)16-9(2)19-13;/h3-5,8,11,15H,6-7H2,1-2H3,(H,17,18);1H/t8-,11-;/m1./s1. The van der Waals surface area contributed by atoms with E-state index >= 15 is 0 Å². The topological polar surface area (TPSA) is 67.2 Å². The van der Waals surface area contributed by atoms with E-state index in [1.807, 2.05) is 25.1 Å². The fraction of sp³-hybridized carbons (Fsp3) is 0.429. The number of rotatable bonds is 2. The summed E-state index contributed by atoms with van der Waals surface area (Å²) in [6, 6.07) is 5.52. The molecule has 1 fully saturated rings. The Balaban J connectivity index is 0.00000147. The molecular weight excluding hydrogens is 278 g/mol. The third-order valence-electron chi connectivity index (χ3n) is 3.62. The molecule has 0 radical (unpaired) electrons. The highest BCUT2D eigenvalue weighted by molar-refractivity contribution is 5.94. The predicted molar refractivity (Wildman–Crippen MR) is 80.1 cm³/mol. The van der Waals surface area contributed by atoms with Crippen LogP contribution in [0.25, 0.3) is 11.1 Å². The van der Waals surface area contributed by atoms with Crippen LogP contribution in [0.4, 0.5) is 5.69 Å². The Labute approximate surface area is 123 Å². The molecule has 2 aromatic rings. The maximum absolute atomic E-state index is 12.2. The zero-order valence-corrected chi connectivity index (χ0v) is 12.3. The molecular formula is C14H18ClN3O2. The van der Waals surface area contributed by atoms with Gasteiger partial charge in [-0.25, -0.2) is 4.98 Å². The van der Waals surface area contributed by atoms with Crippen LogP contribution in [0.1, 0.15) is 12.8 Å². The molecule has 1 aliphatic rings. The van der Waals surface area contributed by atoms with Gasteiger partial charge in [0.2, 0.25) is 5.91 Å². The zero-order chi connectivity index (χ0) is 13.4. The quantitative estimate of drug-likeness (QED) is 0.892. The lowest BCUT2D eigenvalue weighted by molar-refractivity contribution is -0.120. The van der Waals surface area contributed by atoms with Crippen molar-refractivity contribution in [3.8, 4) is 0 Å². The van der Waals surface area contributed by atoms with E-state index in [1.54, 1.807) is 0 Å². The maximum Gasteiger partial charge on any atom is 0.229 e. The number of anilines is 1. The molecule has 0 bridgehead atoms. The van der Waals surface area contributed by atoms with Crippen LogP contribution in [0.15, 0.2) is 22.6 Å². The molecule has 1 aromatic heterocycles. The molecule has 1 aromatic carbocycles. The van der Waals surface area contributed by atoms with Crippen LogP contribution in [0.5, 0.6) is 0 Å². The van der Waals surface area contributed by atoms with Crippen LogP contribution in [0.3, 0.4) is 0 Å². The number of amides is 1. The first-order chi connectivity index (χ1) is 9.13. The molecule has 2 atom stereocenters. The van der Waals surface area contributed by atoms with Gasteiger partial charge < -0.3 is 15.1 Å². The Bertz CT molecular complexity index is 626. The molecule has 108 valence electrons. The molecule has 20 heavy (non-hydrogen) atoms. The summed E-state index contributed by atoms with van der Waals surface area (Å²) in [4.78, 5) is 16.4. The lowest BCUT2D eigenvalue weighted by Gasteiger charge is -2.14. The SMILES string of the molecule is Cc1nc2cc(NC(=O)[C@@H]3CNC[C@H]3C)ccc2o1.Cl. The van der Waals surface area contributed by atoms with Gasteiger partial charge in [-0.1, -0.05) is 6.92 Å². The first-order valence-corrected chi connectivity index (χ1v) is 6.52. The maximum atomic E-state index is 12.2. The highest BCUT2D eigenvalue weighted by atomic mass is 35.5. The van der Waals surface area contributed by atoms with Crippen molar-refractivity contribution in [2.24, 2.45) is 11.8 Å². The second-order valence-electron chi connectivity index (χ2n) is 5.15. The van der Waals surface area contributed by atoms with Crippen LogP contribution >= 0.6 is 12.4 Å². The zero-order valence-electron chi connectivity index (χ0n) is 11.5. The Kier molecular flexibility index (Phi) is 4.30. The summed E-state index contributed by atoms with van der Waals surface area (Å²) in [5.41, 5.74) is 2.28. The van der Waals surface area contributed by atoms with E-state index in [1.165, 1.54) is 0 Å². The van der Waals surface area contributed by atoms with Gasteiger partial charge >= 0.3 is 0 Å². The predicted octanol–water partition coefficient (Wildman–Crippen LogP) is 2.35. The van der Waals surface area contributed by atoms with Gasteiger partial charge in [0, 0.05) is 19.2 Å². The molecule has 5 nitrogen and oxygen atoms in total. The minimum atomic E-state index is 0. The van der Waals surface area contributed by atoms with Gasteiger partial charge in [0.1, 0.15) is 5.52 Å². The van der Waals surface area contributed by atoms with E-state index in [0.717, 1.165) is 29.9 Å². The average molecular weight is 296 g/mol. The lowest BCUT2D eigenvalue weighted by atomic mass is 9.97. The number of carbonyl (C=O) groups is 1. The fourth-order valence-corrected chi connectivity index (χ4v) is 2.52. The number of carbonyl (C=O) groups excluding carboxylic acids is 1. The van der Waals surface area contributed by atoms with Gasteiger partial charge in [-0.2, -0.15) is 0 Å². The summed E-state index contributed by atoms with van der Waals surface area (Å²) < 4.78 is 5.41. The van der Waals surface area contributed by atoms with E-state index in [4.69, 9.17) is 4.42 Å². The van der Waals surface area contributed by atoms with E-state index in [-0.39, 0.29) is 24.2 Å². The average Bonchev–Trinajstić information content (AvgIpc) is 2.93. The molecule has 0 aliphatic carbocycles. The van der Waals surface area contributed by atoms with E-state index < -0.39 is 0 Å². The van der Waals surface area contributed by atoms with Crippen molar-refractivity contribution in [1.82, 2.24) is 10.3 Å². The van der Waals surface area contributed by atoms with Gasteiger partial charge in [-0.3, -0.25) is 4.79 Å². The largest absolute Gasteiger partial charge is 0.441 e. The van der Waals surface area contributed by atoms with E-state index in [2.05, 4.69) is 22.5 Å². The van der Waals surface area contributed by atoms with Crippen molar-refractivity contribution in [3.05, 3.63) is 24.1 Å². The number of aryl methyl sites for hydroxylation is 1. The number of nitrogens with one attached hydrogen (secondary N) is 2. The number of oxazole rings is 1. The molecule has 0 spiro atoms. The molecule has 1 amide bonds. The van der Waals surface area contributed by atoms with Crippen molar-refractivity contribution < 1.29 is 9.21 Å². The molecule has 2 heterocycles. The Morgan fingerprint density at radius 2 is 2.25 bits per heavy atom. The second-order valence-corrected chi connectivity index (χ2v) is 5.15. The Morgan fingerprint density at radius 1 is 1.45 bits per heavy atom. The molecule has 1 aliphatic heterocycles. The minimum absolute atomic E-state index is 0. The van der Waals surface area contributed by atoms with Crippen molar-refractivity contribution in [3.63, 3.8) is 0 Å². The summed E-state index contributed by atoms with van der Waals surface area (Å²) in [6.07, 6.45) is 0. The normalized spacial score (nSPS) is 21.7. The lowest BCUT2D eigenvalue weighted by Crippen LogP contribution is -2.27. The summed E-state index contributed by atoms with van der Waals surface area (Å²) in [6.45, 7) is 5.55. The van der Waals surface area contributed by atoms with Crippen LogP contribution in [-0.4, -0.2) is 24.0 Å². The van der Waals surface area contributed by atoms with Crippen LogP contribution in [0, 0.1) is 18.8 Å². The van der Waals surface area contributed by atoms with Gasteiger partial charge in [-0.05, 0) is 30.7 Å². The van der Waals surface area contributed by atoms with Crippen LogP contribution in [0.2, 0.25) is 0 Å². The first-order valence-electron chi connectivity index (χ1n) is 6.52. The molecule has 0 unspecified atom stereocenters. The molecule has 1 saturated heterocycles. The second kappa shape index (κ2) is 5.81. The third kappa shape index (κ3) is 2.78. The number of fused-ring (bicyclic) bond motifs is 1. The monoisotopic (exact) mass is 295 g/mol. The summed E-state index contributed by atoms with van der Waals surface area (Å²) in [5.74, 6) is 1.11. The first kappa shape index (κ1) is 14.8. The van der Waals surface area contributed by atoms with Crippen LogP contribution in [-0.2, 0) is 4.79 Å². The minimum Gasteiger partial charge on any atom is -0.441 e. The Hall–Kier alpha value is -1.59. The Morgan fingerprint density at radius 3 is 2.95 bits per heavy atom. The number of benzene rings is 1. The van der Waals surface area contributed by atoms with Crippen molar-refractivity contribution in [1.29, 1.82) is 0 Å². The third-order valence-corrected chi connectivity index (χ3v) is 3.62. The van der Waals surface area contributed by atoms with Crippen molar-refractivity contribution in [2.75, 3.05) is 18.4 Å². The van der Waals surface area contributed by atoms with Gasteiger partial charge in [0.25, 0.3) is 0 Å². The number of aromatic nitrogens is 1. The smallest absolute Gasteiger partial charge is 0.229 e. The summed E-state index contributed by atoms with van der Waals surface area (Å²) >= 11 is 0. The van der Waals surface area contributed by atoms with Gasteiger partial charge in [-0.15, -0.1) is 12.4 Å².